The largest absolute Gasteiger partial charge is 0.329 e. The lowest BCUT2D eigenvalue weighted by Gasteiger charge is -2.26. The van der Waals surface area contributed by atoms with Gasteiger partial charge in [-0.3, -0.25) is 19.2 Å². The summed E-state index contributed by atoms with van der Waals surface area (Å²) in [6, 6.07) is 0. The van der Waals surface area contributed by atoms with Crippen LogP contribution >= 0.6 is 23.4 Å². The monoisotopic (exact) mass is 317 g/mol. The minimum atomic E-state index is -0.421. The summed E-state index contributed by atoms with van der Waals surface area (Å²) < 4.78 is 1.27. The van der Waals surface area contributed by atoms with E-state index in [0.717, 1.165) is 31.1 Å². The van der Waals surface area contributed by atoms with Gasteiger partial charge in [-0.15, -0.1) is 0 Å². The molecule has 0 bridgehead atoms. The van der Waals surface area contributed by atoms with Gasteiger partial charge in [-0.1, -0.05) is 25.4 Å². The predicted octanol–water partition coefficient (Wildman–Crippen LogP) is 1.36. The van der Waals surface area contributed by atoms with E-state index in [2.05, 4.69) is 9.88 Å². The molecule has 0 radical (unpaired) electrons. The molecule has 2 heterocycles. The van der Waals surface area contributed by atoms with Gasteiger partial charge >= 0.3 is 5.69 Å². The highest BCUT2D eigenvalue weighted by Crippen LogP contribution is 2.16. The SMILES string of the molecule is CC(C)c1c(Cl)[nH]c(=O)n(CCN2CCSCC2)c1=O. The van der Waals surface area contributed by atoms with Crippen molar-refractivity contribution in [2.45, 2.75) is 26.3 Å². The van der Waals surface area contributed by atoms with Crippen LogP contribution in [0.3, 0.4) is 0 Å². The molecule has 1 saturated heterocycles. The van der Waals surface area contributed by atoms with Crippen LogP contribution in [0.25, 0.3) is 0 Å². The van der Waals surface area contributed by atoms with Gasteiger partial charge in [0.25, 0.3) is 5.56 Å². The van der Waals surface area contributed by atoms with E-state index in [9.17, 15) is 9.59 Å². The van der Waals surface area contributed by atoms with Gasteiger partial charge in [-0.2, -0.15) is 11.8 Å². The van der Waals surface area contributed by atoms with E-state index in [1.165, 1.54) is 4.57 Å². The smallest absolute Gasteiger partial charge is 0.300 e. The summed E-state index contributed by atoms with van der Waals surface area (Å²) in [7, 11) is 0. The average Bonchev–Trinajstić information content (AvgIpc) is 2.38. The van der Waals surface area contributed by atoms with Crippen LogP contribution in [0.5, 0.6) is 0 Å². The first-order valence-electron chi connectivity index (χ1n) is 6.83. The minimum absolute atomic E-state index is 0.00973. The molecule has 0 aliphatic carbocycles. The van der Waals surface area contributed by atoms with Gasteiger partial charge in [0.15, 0.2) is 0 Å². The van der Waals surface area contributed by atoms with Gasteiger partial charge in [0.2, 0.25) is 0 Å². The van der Waals surface area contributed by atoms with Crippen LogP contribution in [0.4, 0.5) is 0 Å². The Labute approximate surface area is 127 Å². The summed E-state index contributed by atoms with van der Waals surface area (Å²) in [6.45, 7) is 6.96. The Balaban J connectivity index is 2.21. The maximum atomic E-state index is 12.4. The fourth-order valence-electron chi connectivity index (χ4n) is 2.33. The van der Waals surface area contributed by atoms with Crippen LogP contribution in [-0.4, -0.2) is 45.6 Å². The Morgan fingerprint density at radius 3 is 2.50 bits per heavy atom. The van der Waals surface area contributed by atoms with E-state index in [0.29, 0.717) is 12.1 Å². The number of thioether (sulfide) groups is 1. The second-order valence-electron chi connectivity index (χ2n) is 5.22. The number of nitrogens with zero attached hydrogens (tertiary/aromatic N) is 2. The maximum absolute atomic E-state index is 12.4. The zero-order valence-electron chi connectivity index (χ0n) is 11.8. The summed E-state index contributed by atoms with van der Waals surface area (Å²) in [5.41, 5.74) is -0.198. The van der Waals surface area contributed by atoms with Crippen LogP contribution in [-0.2, 0) is 6.54 Å². The Hall–Kier alpha value is -0.720. The Morgan fingerprint density at radius 1 is 1.25 bits per heavy atom. The zero-order chi connectivity index (χ0) is 14.7. The normalized spacial score (nSPS) is 16.8. The van der Waals surface area contributed by atoms with E-state index in [4.69, 9.17) is 11.6 Å². The van der Waals surface area contributed by atoms with Crippen molar-refractivity contribution in [2.75, 3.05) is 31.1 Å². The third-order valence-electron chi connectivity index (χ3n) is 3.49. The van der Waals surface area contributed by atoms with Gasteiger partial charge in [-0.25, -0.2) is 4.79 Å². The highest BCUT2D eigenvalue weighted by Gasteiger charge is 2.17. The van der Waals surface area contributed by atoms with Crippen molar-refractivity contribution in [3.05, 3.63) is 31.6 Å². The third-order valence-corrected chi connectivity index (χ3v) is 4.74. The van der Waals surface area contributed by atoms with Crippen molar-refractivity contribution in [3.63, 3.8) is 0 Å². The number of H-pyrrole nitrogens is 1. The lowest BCUT2D eigenvalue weighted by molar-refractivity contribution is 0.285. The molecule has 7 heteroatoms. The summed E-state index contributed by atoms with van der Waals surface area (Å²) in [4.78, 5) is 29.1. The molecular weight excluding hydrogens is 298 g/mol. The molecule has 5 nitrogen and oxygen atoms in total. The molecule has 1 aliphatic heterocycles. The van der Waals surface area contributed by atoms with E-state index >= 15 is 0 Å². The molecule has 1 aromatic rings. The molecule has 0 spiro atoms. The third kappa shape index (κ3) is 3.48. The minimum Gasteiger partial charge on any atom is -0.300 e. The second kappa shape index (κ2) is 6.83. The number of aromatic nitrogens is 2. The molecule has 0 aromatic carbocycles. The van der Waals surface area contributed by atoms with E-state index in [1.807, 2.05) is 25.6 Å². The number of aromatic amines is 1. The molecule has 0 saturated carbocycles. The lowest BCUT2D eigenvalue weighted by Crippen LogP contribution is -2.42. The molecule has 0 atom stereocenters. The lowest BCUT2D eigenvalue weighted by atomic mass is 10.1. The van der Waals surface area contributed by atoms with Gasteiger partial charge in [0.1, 0.15) is 5.15 Å². The van der Waals surface area contributed by atoms with Crippen molar-refractivity contribution < 1.29 is 0 Å². The van der Waals surface area contributed by atoms with Gasteiger partial charge in [0.05, 0.1) is 5.56 Å². The first-order valence-corrected chi connectivity index (χ1v) is 8.36. The fraction of sp³-hybridized carbons (Fsp3) is 0.692. The molecule has 1 fully saturated rings. The number of hydrogen-bond acceptors (Lipinski definition) is 4. The standard InChI is InChI=1S/C13H20ClN3O2S/c1-9(2)10-11(14)15-13(19)17(12(10)18)4-3-16-5-7-20-8-6-16/h9H,3-8H2,1-2H3,(H,15,19). The molecular formula is C13H20ClN3O2S. The Bertz CT molecular complexity index is 576. The van der Waals surface area contributed by atoms with E-state index in [1.54, 1.807) is 0 Å². The summed E-state index contributed by atoms with van der Waals surface area (Å²) in [5.74, 6) is 2.22. The van der Waals surface area contributed by atoms with Crippen LogP contribution in [0.2, 0.25) is 5.15 Å². The van der Waals surface area contributed by atoms with E-state index in [-0.39, 0.29) is 16.6 Å². The molecule has 2 rings (SSSR count). The maximum Gasteiger partial charge on any atom is 0.329 e. The molecule has 0 unspecified atom stereocenters. The van der Waals surface area contributed by atoms with Crippen molar-refractivity contribution >= 4 is 23.4 Å². The van der Waals surface area contributed by atoms with Crippen LogP contribution in [0.15, 0.2) is 9.59 Å². The molecule has 1 aromatic heterocycles. The van der Waals surface area contributed by atoms with Gasteiger partial charge in [0, 0.05) is 37.7 Å². The van der Waals surface area contributed by atoms with Crippen molar-refractivity contribution in [1.82, 2.24) is 14.5 Å². The first kappa shape index (κ1) is 15.7. The van der Waals surface area contributed by atoms with Crippen LogP contribution < -0.4 is 11.2 Å². The summed E-state index contributed by atoms with van der Waals surface area (Å²) in [5, 5.41) is 0.167. The quantitative estimate of drug-likeness (QED) is 0.852. The Kier molecular flexibility index (Phi) is 5.35. The molecule has 20 heavy (non-hydrogen) atoms. The van der Waals surface area contributed by atoms with Crippen LogP contribution in [0, 0.1) is 0 Å². The van der Waals surface area contributed by atoms with Crippen molar-refractivity contribution in [3.8, 4) is 0 Å². The molecule has 112 valence electrons. The number of rotatable bonds is 4. The first-order chi connectivity index (χ1) is 9.50. The number of hydrogen-bond donors (Lipinski definition) is 1. The zero-order valence-corrected chi connectivity index (χ0v) is 13.4. The molecule has 0 amide bonds. The van der Waals surface area contributed by atoms with Gasteiger partial charge in [-0.05, 0) is 5.92 Å². The second-order valence-corrected chi connectivity index (χ2v) is 6.83. The topological polar surface area (TPSA) is 58.1 Å². The summed E-state index contributed by atoms with van der Waals surface area (Å²) in [6.07, 6.45) is 0. The van der Waals surface area contributed by atoms with Crippen molar-refractivity contribution in [1.29, 1.82) is 0 Å². The summed E-state index contributed by atoms with van der Waals surface area (Å²) >= 11 is 7.91. The number of nitrogens with one attached hydrogen (secondary N) is 1. The van der Waals surface area contributed by atoms with E-state index < -0.39 is 5.69 Å². The Morgan fingerprint density at radius 2 is 1.90 bits per heavy atom. The highest BCUT2D eigenvalue weighted by molar-refractivity contribution is 7.99. The van der Waals surface area contributed by atoms with Crippen LogP contribution in [0.1, 0.15) is 25.3 Å². The highest BCUT2D eigenvalue weighted by atomic mass is 35.5. The predicted molar refractivity (Wildman–Crippen MR) is 84.2 cm³/mol. The average molecular weight is 318 g/mol. The molecule has 1 N–H and O–H groups in total. The van der Waals surface area contributed by atoms with Crippen molar-refractivity contribution in [2.24, 2.45) is 0 Å². The molecule has 1 aliphatic rings. The van der Waals surface area contributed by atoms with Gasteiger partial charge < -0.3 is 0 Å². The number of halogens is 1. The fourth-order valence-corrected chi connectivity index (χ4v) is 3.69.